The molecule has 1 aromatic heterocycles. The van der Waals surface area contributed by atoms with Crippen LogP contribution in [0.3, 0.4) is 0 Å². The number of carbonyl (C=O) groups is 1. The normalized spacial score (nSPS) is 17.8. The van der Waals surface area contributed by atoms with Gasteiger partial charge in [-0.1, -0.05) is 6.07 Å². The highest BCUT2D eigenvalue weighted by Crippen LogP contribution is 2.36. The van der Waals surface area contributed by atoms with Gasteiger partial charge in [0.05, 0.1) is 32.8 Å². The van der Waals surface area contributed by atoms with E-state index in [2.05, 4.69) is 16.4 Å². The lowest BCUT2D eigenvalue weighted by molar-refractivity contribution is -0.121. The molecule has 0 unspecified atom stereocenters. The minimum atomic E-state index is 0.0000514. The van der Waals surface area contributed by atoms with Gasteiger partial charge in [-0.05, 0) is 60.7 Å². The molecule has 0 saturated heterocycles. The molecule has 0 bridgehead atoms. The second-order valence-electron chi connectivity index (χ2n) is 7.95. The number of hydrogen-bond acceptors (Lipinski definition) is 4. The summed E-state index contributed by atoms with van der Waals surface area (Å²) in [4.78, 5) is 16.4. The summed E-state index contributed by atoms with van der Waals surface area (Å²) in [6.45, 7) is 1.30. The highest BCUT2D eigenvalue weighted by molar-refractivity contribution is 5.87. The van der Waals surface area contributed by atoms with Crippen LogP contribution in [-0.4, -0.2) is 31.2 Å². The van der Waals surface area contributed by atoms with Gasteiger partial charge >= 0.3 is 0 Å². The van der Waals surface area contributed by atoms with Crippen molar-refractivity contribution in [1.82, 2.24) is 10.3 Å². The molecule has 1 amide bonds. The molecule has 0 radical (unpaired) electrons. The summed E-state index contributed by atoms with van der Waals surface area (Å²) >= 11 is 0. The lowest BCUT2D eigenvalue weighted by Gasteiger charge is -2.24. The Bertz CT molecular complexity index is 1090. The Labute approximate surface area is 175 Å². The third kappa shape index (κ3) is 3.58. The van der Waals surface area contributed by atoms with Gasteiger partial charge in [0, 0.05) is 23.0 Å². The van der Waals surface area contributed by atoms with Gasteiger partial charge in [0.1, 0.15) is 5.75 Å². The molecule has 1 aliphatic heterocycles. The van der Waals surface area contributed by atoms with Crippen LogP contribution < -0.4 is 19.5 Å². The quantitative estimate of drug-likeness (QED) is 0.685. The maximum absolute atomic E-state index is 12.8. The summed E-state index contributed by atoms with van der Waals surface area (Å²) in [5, 5.41) is 4.42. The number of rotatable bonds is 4. The predicted molar refractivity (Wildman–Crippen MR) is 114 cm³/mol. The Morgan fingerprint density at radius 3 is 2.87 bits per heavy atom. The number of nitrogens with one attached hydrogen (secondary N) is 2. The molecular weight excluding hydrogens is 380 g/mol. The number of methoxy groups -OCH3 is 1. The first kappa shape index (κ1) is 18.9. The topological polar surface area (TPSA) is 72.6 Å². The summed E-state index contributed by atoms with van der Waals surface area (Å²) in [7, 11) is 1.68. The Morgan fingerprint density at radius 2 is 2.00 bits per heavy atom. The first-order valence-electron chi connectivity index (χ1n) is 10.6. The standard InChI is InChI=1S/C24H26N2O4/c1-28-16-7-8-19-18(14-16)17-4-2-5-20(24(17)26-19)25-23(27)13-15-6-9-21-22(12-15)30-11-3-10-29-21/h6-9,12,14,20,26H,2-5,10-11,13H2,1H3,(H,25,27)/t20-/m0/s1. The van der Waals surface area contributed by atoms with E-state index in [4.69, 9.17) is 14.2 Å². The molecule has 0 fully saturated rings. The number of amides is 1. The zero-order valence-electron chi connectivity index (χ0n) is 17.1. The van der Waals surface area contributed by atoms with Crippen molar-refractivity contribution in [1.29, 1.82) is 0 Å². The van der Waals surface area contributed by atoms with E-state index in [1.54, 1.807) is 7.11 Å². The van der Waals surface area contributed by atoms with Crippen molar-refractivity contribution in [3.63, 3.8) is 0 Å². The highest BCUT2D eigenvalue weighted by atomic mass is 16.5. The maximum Gasteiger partial charge on any atom is 0.224 e. The maximum atomic E-state index is 12.8. The SMILES string of the molecule is COc1ccc2[nH]c3c(c2c1)CCC[C@@H]3NC(=O)Cc1ccc2c(c1)OCCCO2. The molecule has 2 aliphatic rings. The predicted octanol–water partition coefficient (Wildman–Crippen LogP) is 4.07. The van der Waals surface area contributed by atoms with Crippen molar-refractivity contribution in [2.24, 2.45) is 0 Å². The minimum Gasteiger partial charge on any atom is -0.497 e. The smallest absolute Gasteiger partial charge is 0.224 e. The van der Waals surface area contributed by atoms with Crippen LogP contribution in [-0.2, 0) is 17.6 Å². The van der Waals surface area contributed by atoms with E-state index in [1.807, 2.05) is 30.3 Å². The summed E-state index contributed by atoms with van der Waals surface area (Å²) < 4.78 is 16.8. The third-order valence-electron chi connectivity index (χ3n) is 5.93. The number of benzene rings is 2. The molecule has 1 atom stereocenters. The molecule has 5 rings (SSSR count). The number of H-pyrrole nitrogens is 1. The van der Waals surface area contributed by atoms with Crippen LogP contribution in [0.1, 0.15) is 42.1 Å². The van der Waals surface area contributed by atoms with Gasteiger partial charge in [0.2, 0.25) is 5.91 Å². The first-order chi connectivity index (χ1) is 14.7. The van der Waals surface area contributed by atoms with E-state index >= 15 is 0 Å². The molecule has 0 saturated carbocycles. The molecule has 156 valence electrons. The molecule has 1 aliphatic carbocycles. The van der Waals surface area contributed by atoms with Gasteiger partial charge in [-0.25, -0.2) is 0 Å². The fraction of sp³-hybridized carbons (Fsp3) is 0.375. The summed E-state index contributed by atoms with van der Waals surface area (Å²) in [5.74, 6) is 2.34. The molecule has 6 heteroatoms. The Kier molecular flexibility index (Phi) is 4.99. The van der Waals surface area contributed by atoms with Gasteiger partial charge in [0.15, 0.2) is 11.5 Å². The van der Waals surface area contributed by atoms with Crippen molar-refractivity contribution in [3.05, 3.63) is 53.2 Å². The van der Waals surface area contributed by atoms with Crippen molar-refractivity contribution in [2.45, 2.75) is 38.1 Å². The minimum absolute atomic E-state index is 0.0000514. The monoisotopic (exact) mass is 406 g/mol. The van der Waals surface area contributed by atoms with Gasteiger partial charge in [-0.3, -0.25) is 4.79 Å². The van der Waals surface area contributed by atoms with Crippen LogP contribution in [0.5, 0.6) is 17.2 Å². The fourth-order valence-electron chi connectivity index (χ4n) is 4.46. The number of aryl methyl sites for hydroxylation is 1. The average Bonchev–Trinajstić information content (AvgIpc) is 2.97. The number of carbonyl (C=O) groups excluding carboxylic acids is 1. The highest BCUT2D eigenvalue weighted by Gasteiger charge is 2.26. The zero-order chi connectivity index (χ0) is 20.5. The van der Waals surface area contributed by atoms with E-state index in [1.165, 1.54) is 10.9 Å². The van der Waals surface area contributed by atoms with E-state index in [0.717, 1.165) is 59.7 Å². The van der Waals surface area contributed by atoms with Gasteiger partial charge in [0.25, 0.3) is 0 Å². The lowest BCUT2D eigenvalue weighted by Crippen LogP contribution is -2.32. The Morgan fingerprint density at radius 1 is 1.13 bits per heavy atom. The molecule has 2 heterocycles. The number of ether oxygens (including phenoxy) is 3. The van der Waals surface area contributed by atoms with E-state index in [9.17, 15) is 4.79 Å². The number of hydrogen-bond donors (Lipinski definition) is 2. The zero-order valence-corrected chi connectivity index (χ0v) is 17.1. The molecule has 0 spiro atoms. The summed E-state index contributed by atoms with van der Waals surface area (Å²) in [6, 6.07) is 11.8. The van der Waals surface area contributed by atoms with Crippen LogP contribution in [0, 0.1) is 0 Å². The van der Waals surface area contributed by atoms with Gasteiger partial charge in [-0.15, -0.1) is 0 Å². The Balaban J connectivity index is 1.33. The van der Waals surface area contributed by atoms with E-state index in [0.29, 0.717) is 19.6 Å². The molecule has 2 aromatic carbocycles. The third-order valence-corrected chi connectivity index (χ3v) is 5.93. The average molecular weight is 406 g/mol. The van der Waals surface area contributed by atoms with Crippen LogP contribution in [0.25, 0.3) is 10.9 Å². The van der Waals surface area contributed by atoms with E-state index in [-0.39, 0.29) is 11.9 Å². The molecule has 6 nitrogen and oxygen atoms in total. The Hall–Kier alpha value is -3.15. The second-order valence-corrected chi connectivity index (χ2v) is 7.95. The first-order valence-corrected chi connectivity index (χ1v) is 10.6. The molecule has 2 N–H and O–H groups in total. The molecular formula is C24H26N2O4. The van der Waals surface area contributed by atoms with Crippen LogP contribution in [0.15, 0.2) is 36.4 Å². The summed E-state index contributed by atoms with van der Waals surface area (Å²) in [6.07, 6.45) is 4.18. The van der Waals surface area contributed by atoms with Crippen molar-refractivity contribution in [2.75, 3.05) is 20.3 Å². The number of aromatic nitrogens is 1. The second kappa shape index (κ2) is 7.94. The largest absolute Gasteiger partial charge is 0.497 e. The van der Waals surface area contributed by atoms with Crippen LogP contribution >= 0.6 is 0 Å². The summed E-state index contributed by atoms with van der Waals surface area (Å²) in [5.41, 5.74) is 4.42. The van der Waals surface area contributed by atoms with Crippen molar-refractivity contribution >= 4 is 16.8 Å². The molecule has 30 heavy (non-hydrogen) atoms. The van der Waals surface area contributed by atoms with Crippen LogP contribution in [0.2, 0.25) is 0 Å². The van der Waals surface area contributed by atoms with Crippen molar-refractivity contribution in [3.8, 4) is 17.2 Å². The van der Waals surface area contributed by atoms with Gasteiger partial charge < -0.3 is 24.5 Å². The van der Waals surface area contributed by atoms with Crippen LogP contribution in [0.4, 0.5) is 0 Å². The number of fused-ring (bicyclic) bond motifs is 4. The fourth-order valence-corrected chi connectivity index (χ4v) is 4.46. The van der Waals surface area contributed by atoms with Gasteiger partial charge in [-0.2, -0.15) is 0 Å². The van der Waals surface area contributed by atoms with Crippen molar-refractivity contribution < 1.29 is 19.0 Å². The van der Waals surface area contributed by atoms with E-state index < -0.39 is 0 Å². The lowest BCUT2D eigenvalue weighted by atomic mass is 9.91. The molecule has 3 aromatic rings. The number of aromatic amines is 1.